The monoisotopic (exact) mass is 564 g/mol. The number of nitrogens with zero attached hydrogens (tertiary/aromatic N) is 3. The van der Waals surface area contributed by atoms with Gasteiger partial charge in [0, 0.05) is 26.1 Å². The van der Waals surface area contributed by atoms with Crippen LogP contribution in [-0.2, 0) is 48.6 Å². The maximum absolute atomic E-state index is 12.7. The molecule has 220 valence electrons. The number of hydrogen-bond donors (Lipinski definition) is 4. The Balaban J connectivity index is 1.62. The molecule has 1 aliphatic rings. The molecule has 1 amide bonds. The normalized spacial score (nSPS) is 23.3. The summed E-state index contributed by atoms with van der Waals surface area (Å²) in [6, 6.07) is 6.80. The predicted octanol–water partition coefficient (Wildman–Crippen LogP) is 0.620. The van der Waals surface area contributed by atoms with Gasteiger partial charge in [0.05, 0.1) is 6.20 Å². The number of aryl methyl sites for hydroxylation is 1. The van der Waals surface area contributed by atoms with E-state index in [2.05, 4.69) is 15.6 Å². The van der Waals surface area contributed by atoms with Crippen molar-refractivity contribution >= 4 is 23.7 Å². The van der Waals surface area contributed by atoms with Gasteiger partial charge in [0.1, 0.15) is 47.9 Å². The van der Waals surface area contributed by atoms with Crippen LogP contribution in [0.5, 0.6) is 0 Å². The Kier molecular flexibility index (Phi) is 9.51. The van der Waals surface area contributed by atoms with Gasteiger partial charge < -0.3 is 34.3 Å². The average molecular weight is 565 g/mol. The SMILES string of the molecule is CC(=O)OC(C)(C)Cc1ccc(NC(=O)OC(C)(C)C2OC(C(=O)OCc3cn(C)nn3)C(O)C(O)C2O)cc1. The van der Waals surface area contributed by atoms with Crippen molar-refractivity contribution in [3.63, 3.8) is 0 Å². The number of amides is 1. The molecule has 5 atom stereocenters. The highest BCUT2D eigenvalue weighted by Gasteiger charge is 2.53. The average Bonchev–Trinajstić information content (AvgIpc) is 3.25. The number of ether oxygens (including phenoxy) is 4. The van der Waals surface area contributed by atoms with Crippen LogP contribution in [0.1, 0.15) is 45.9 Å². The van der Waals surface area contributed by atoms with Gasteiger partial charge in [-0.25, -0.2) is 9.59 Å². The Hall–Kier alpha value is -3.59. The van der Waals surface area contributed by atoms with Crippen LogP contribution in [0.3, 0.4) is 0 Å². The van der Waals surface area contributed by atoms with Gasteiger partial charge in [0.15, 0.2) is 6.10 Å². The molecule has 14 heteroatoms. The maximum atomic E-state index is 12.7. The molecule has 0 saturated carbocycles. The van der Waals surface area contributed by atoms with Crippen LogP contribution in [0, 0.1) is 0 Å². The number of nitrogens with one attached hydrogen (secondary N) is 1. The van der Waals surface area contributed by atoms with Crippen molar-refractivity contribution in [3.8, 4) is 0 Å². The van der Waals surface area contributed by atoms with Crippen LogP contribution in [0.4, 0.5) is 10.5 Å². The zero-order chi connectivity index (χ0) is 29.8. The van der Waals surface area contributed by atoms with Crippen molar-refractivity contribution in [1.29, 1.82) is 0 Å². The Labute approximate surface area is 231 Å². The van der Waals surface area contributed by atoms with E-state index < -0.39 is 53.8 Å². The molecule has 1 fully saturated rings. The summed E-state index contributed by atoms with van der Waals surface area (Å²) >= 11 is 0. The number of benzene rings is 1. The first kappa shape index (κ1) is 30.9. The van der Waals surface area contributed by atoms with Gasteiger partial charge in [0.2, 0.25) is 0 Å². The lowest BCUT2D eigenvalue weighted by atomic mass is 9.86. The number of rotatable bonds is 9. The summed E-state index contributed by atoms with van der Waals surface area (Å²) in [6.07, 6.45) is -7.27. The first-order valence-electron chi connectivity index (χ1n) is 12.6. The zero-order valence-electron chi connectivity index (χ0n) is 23.2. The van der Waals surface area contributed by atoms with Crippen molar-refractivity contribution in [2.24, 2.45) is 7.05 Å². The van der Waals surface area contributed by atoms with E-state index in [1.54, 1.807) is 45.2 Å². The van der Waals surface area contributed by atoms with E-state index >= 15 is 0 Å². The topological polar surface area (TPSA) is 192 Å². The van der Waals surface area contributed by atoms with E-state index in [-0.39, 0.29) is 12.6 Å². The Morgan fingerprint density at radius 2 is 1.68 bits per heavy atom. The Morgan fingerprint density at radius 3 is 2.25 bits per heavy atom. The fourth-order valence-electron chi connectivity index (χ4n) is 4.40. The molecule has 2 aromatic rings. The molecule has 4 N–H and O–H groups in total. The summed E-state index contributed by atoms with van der Waals surface area (Å²) in [4.78, 5) is 36.6. The molecule has 1 aromatic carbocycles. The molecule has 0 spiro atoms. The van der Waals surface area contributed by atoms with Gasteiger partial charge in [-0.05, 0) is 45.4 Å². The molecule has 1 aliphatic heterocycles. The van der Waals surface area contributed by atoms with Gasteiger partial charge in [-0.15, -0.1) is 5.10 Å². The fraction of sp³-hybridized carbons (Fsp3) is 0.577. The van der Waals surface area contributed by atoms with Crippen molar-refractivity contribution in [2.45, 2.75) is 89.4 Å². The lowest BCUT2D eigenvalue weighted by Gasteiger charge is -2.45. The second-order valence-electron chi connectivity index (χ2n) is 10.8. The molecule has 2 heterocycles. The molecule has 1 aromatic heterocycles. The third-order valence-corrected chi connectivity index (χ3v) is 6.15. The summed E-state index contributed by atoms with van der Waals surface area (Å²) in [7, 11) is 1.64. The number of esters is 2. The molecule has 0 radical (unpaired) electrons. The van der Waals surface area contributed by atoms with Crippen LogP contribution in [0.25, 0.3) is 0 Å². The Morgan fingerprint density at radius 1 is 1.02 bits per heavy atom. The summed E-state index contributed by atoms with van der Waals surface area (Å²) < 4.78 is 23.0. The number of carbonyl (C=O) groups excluding carboxylic acids is 3. The first-order chi connectivity index (χ1) is 18.6. The predicted molar refractivity (Wildman–Crippen MR) is 138 cm³/mol. The lowest BCUT2D eigenvalue weighted by molar-refractivity contribution is -0.259. The number of aliphatic hydroxyl groups excluding tert-OH is 3. The summed E-state index contributed by atoms with van der Waals surface area (Å²) in [5, 5.41) is 41.4. The third-order valence-electron chi connectivity index (χ3n) is 6.15. The smallest absolute Gasteiger partial charge is 0.412 e. The van der Waals surface area contributed by atoms with Gasteiger partial charge in [-0.1, -0.05) is 17.3 Å². The highest BCUT2D eigenvalue weighted by atomic mass is 16.6. The molecule has 40 heavy (non-hydrogen) atoms. The van der Waals surface area contributed by atoms with Crippen molar-refractivity contribution in [1.82, 2.24) is 15.0 Å². The summed E-state index contributed by atoms with van der Waals surface area (Å²) in [5.41, 5.74) is -0.653. The minimum absolute atomic E-state index is 0.259. The van der Waals surface area contributed by atoms with E-state index in [1.807, 2.05) is 0 Å². The van der Waals surface area contributed by atoms with Crippen LogP contribution >= 0.6 is 0 Å². The van der Waals surface area contributed by atoms with E-state index in [0.717, 1.165) is 5.56 Å². The van der Waals surface area contributed by atoms with Crippen LogP contribution < -0.4 is 5.32 Å². The molecule has 0 bridgehead atoms. The van der Waals surface area contributed by atoms with Crippen molar-refractivity contribution in [2.75, 3.05) is 5.32 Å². The number of anilines is 1. The van der Waals surface area contributed by atoms with Gasteiger partial charge in [0.25, 0.3) is 0 Å². The fourth-order valence-corrected chi connectivity index (χ4v) is 4.40. The maximum Gasteiger partial charge on any atom is 0.412 e. The van der Waals surface area contributed by atoms with Gasteiger partial charge >= 0.3 is 18.0 Å². The highest BCUT2D eigenvalue weighted by molar-refractivity contribution is 5.85. The quantitative estimate of drug-likeness (QED) is 0.246. The highest BCUT2D eigenvalue weighted by Crippen LogP contribution is 2.31. The van der Waals surface area contributed by atoms with Crippen molar-refractivity contribution in [3.05, 3.63) is 41.7 Å². The second kappa shape index (κ2) is 12.3. The molecule has 3 rings (SSSR count). The molecular weight excluding hydrogens is 528 g/mol. The van der Waals surface area contributed by atoms with Gasteiger partial charge in [-0.2, -0.15) is 0 Å². The molecular formula is C26H36N4O10. The largest absolute Gasteiger partial charge is 0.460 e. The number of aliphatic hydroxyl groups is 3. The molecule has 14 nitrogen and oxygen atoms in total. The van der Waals surface area contributed by atoms with E-state index in [0.29, 0.717) is 17.8 Å². The van der Waals surface area contributed by atoms with Crippen LogP contribution in [0.2, 0.25) is 0 Å². The van der Waals surface area contributed by atoms with E-state index in [9.17, 15) is 29.7 Å². The van der Waals surface area contributed by atoms with Crippen molar-refractivity contribution < 1.29 is 48.7 Å². The third kappa shape index (κ3) is 7.97. The van der Waals surface area contributed by atoms with E-state index in [4.69, 9.17) is 18.9 Å². The van der Waals surface area contributed by atoms with Gasteiger partial charge in [-0.3, -0.25) is 14.8 Å². The molecule has 1 saturated heterocycles. The molecule has 5 unspecified atom stereocenters. The number of hydrogen-bond acceptors (Lipinski definition) is 12. The minimum Gasteiger partial charge on any atom is -0.460 e. The lowest BCUT2D eigenvalue weighted by Crippen LogP contribution is -2.65. The summed E-state index contributed by atoms with van der Waals surface area (Å²) in [5.74, 6) is -1.39. The molecule has 0 aliphatic carbocycles. The zero-order valence-corrected chi connectivity index (χ0v) is 23.2. The second-order valence-corrected chi connectivity index (χ2v) is 10.8. The minimum atomic E-state index is -1.80. The summed E-state index contributed by atoms with van der Waals surface area (Å²) in [6.45, 7) is 7.51. The van der Waals surface area contributed by atoms with Crippen LogP contribution in [-0.4, -0.2) is 90.1 Å². The van der Waals surface area contributed by atoms with E-state index in [1.165, 1.54) is 31.6 Å². The Bertz CT molecular complexity index is 1200. The van der Waals surface area contributed by atoms with Crippen LogP contribution in [0.15, 0.2) is 30.5 Å². The number of aromatic nitrogens is 3. The standard InChI is InChI=1S/C26H36N4O10/c1-14(31)39-25(2,3)11-15-7-9-16(10-8-15)27-24(36)40-26(4,5)22-20(34)18(32)19(33)21(38-22)23(35)37-13-17-12-30(6)29-28-17/h7-10,12,18-22,32-34H,11,13H2,1-6H3,(H,27,36). The first-order valence-corrected chi connectivity index (χ1v) is 12.6. The number of carbonyl (C=O) groups is 3.